The summed E-state index contributed by atoms with van der Waals surface area (Å²) in [5.41, 5.74) is 2.32. The van der Waals surface area contributed by atoms with Gasteiger partial charge in [-0.15, -0.1) is 0 Å². The zero-order valence-electron chi connectivity index (χ0n) is 14.0. The van der Waals surface area contributed by atoms with E-state index in [1.165, 1.54) is 6.92 Å². The van der Waals surface area contributed by atoms with Crippen LogP contribution in [0.1, 0.15) is 6.92 Å². The van der Waals surface area contributed by atoms with Crippen molar-refractivity contribution in [2.75, 3.05) is 36.2 Å². The highest BCUT2D eigenvalue weighted by atomic mass is 16.5. The van der Waals surface area contributed by atoms with Gasteiger partial charge in [-0.25, -0.2) is 0 Å². The van der Waals surface area contributed by atoms with Crippen LogP contribution in [0.5, 0.6) is 5.75 Å². The van der Waals surface area contributed by atoms with Crippen molar-refractivity contribution < 1.29 is 14.3 Å². The monoisotopic (exact) mass is 327 g/mol. The number of rotatable bonds is 6. The third-order valence-corrected chi connectivity index (χ3v) is 3.55. The van der Waals surface area contributed by atoms with Gasteiger partial charge in [0.1, 0.15) is 5.75 Å². The first-order chi connectivity index (χ1) is 11.5. The van der Waals surface area contributed by atoms with E-state index >= 15 is 0 Å². The number of ether oxygens (including phenoxy) is 1. The lowest BCUT2D eigenvalue weighted by Gasteiger charge is -2.15. The van der Waals surface area contributed by atoms with Crippen LogP contribution < -0.4 is 20.3 Å². The first kappa shape index (κ1) is 17.3. The lowest BCUT2D eigenvalue weighted by Crippen LogP contribution is -2.23. The Morgan fingerprint density at radius 1 is 1.00 bits per heavy atom. The molecule has 0 atom stereocenters. The molecular weight excluding hydrogens is 306 g/mol. The summed E-state index contributed by atoms with van der Waals surface area (Å²) >= 11 is 0. The number of amides is 2. The zero-order valence-corrected chi connectivity index (χ0v) is 14.0. The van der Waals surface area contributed by atoms with E-state index in [9.17, 15) is 9.59 Å². The second-order valence-electron chi connectivity index (χ2n) is 5.26. The predicted octanol–water partition coefficient (Wildman–Crippen LogP) is 2.73. The molecule has 2 rings (SSSR count). The Morgan fingerprint density at radius 3 is 2.12 bits per heavy atom. The predicted molar refractivity (Wildman–Crippen MR) is 95.6 cm³/mol. The Hall–Kier alpha value is -3.02. The Morgan fingerprint density at radius 2 is 1.58 bits per heavy atom. The molecule has 6 nitrogen and oxygen atoms in total. The summed E-state index contributed by atoms with van der Waals surface area (Å²) < 4.78 is 5.07. The molecule has 0 saturated carbocycles. The number of benzene rings is 2. The third-order valence-electron chi connectivity index (χ3n) is 3.55. The summed E-state index contributed by atoms with van der Waals surface area (Å²) in [6, 6.07) is 14.4. The van der Waals surface area contributed by atoms with Gasteiger partial charge >= 0.3 is 0 Å². The van der Waals surface area contributed by atoms with Crippen LogP contribution in [-0.4, -0.2) is 32.5 Å². The molecule has 2 aromatic rings. The van der Waals surface area contributed by atoms with Crippen molar-refractivity contribution in [3.63, 3.8) is 0 Å². The van der Waals surface area contributed by atoms with Crippen LogP contribution in [0.25, 0.3) is 0 Å². The van der Waals surface area contributed by atoms with E-state index < -0.39 is 0 Å². The molecule has 0 heterocycles. The number of carbonyl (C=O) groups excluding carboxylic acids is 2. The summed E-state index contributed by atoms with van der Waals surface area (Å²) in [5.74, 6) is 0.557. The van der Waals surface area contributed by atoms with Crippen molar-refractivity contribution in [1.82, 2.24) is 0 Å². The minimum atomic E-state index is -0.148. The van der Waals surface area contributed by atoms with Crippen LogP contribution in [-0.2, 0) is 9.59 Å². The Kier molecular flexibility index (Phi) is 5.78. The van der Waals surface area contributed by atoms with Crippen LogP contribution in [0.2, 0.25) is 0 Å². The van der Waals surface area contributed by atoms with Gasteiger partial charge in [0.25, 0.3) is 0 Å². The normalized spacial score (nSPS) is 9.96. The molecule has 0 aliphatic heterocycles. The number of methoxy groups -OCH3 is 1. The van der Waals surface area contributed by atoms with Crippen LogP contribution in [0.3, 0.4) is 0 Å². The number of hydrogen-bond acceptors (Lipinski definition) is 4. The van der Waals surface area contributed by atoms with Crippen molar-refractivity contribution in [3.05, 3.63) is 48.5 Å². The molecule has 0 saturated heterocycles. The molecule has 2 N–H and O–H groups in total. The van der Waals surface area contributed by atoms with E-state index in [-0.39, 0.29) is 18.4 Å². The minimum Gasteiger partial charge on any atom is -0.497 e. The van der Waals surface area contributed by atoms with Gasteiger partial charge in [0, 0.05) is 31.0 Å². The highest BCUT2D eigenvalue weighted by Crippen LogP contribution is 2.17. The fourth-order valence-corrected chi connectivity index (χ4v) is 2.05. The smallest absolute Gasteiger partial charge is 0.243 e. The number of anilines is 3. The fourth-order valence-electron chi connectivity index (χ4n) is 2.05. The van der Waals surface area contributed by atoms with Crippen molar-refractivity contribution in [3.8, 4) is 5.75 Å². The molecule has 0 fully saturated rings. The highest BCUT2D eigenvalue weighted by Gasteiger charge is 2.06. The fraction of sp³-hybridized carbons (Fsp3) is 0.222. The first-order valence-corrected chi connectivity index (χ1v) is 7.51. The Balaban J connectivity index is 1.85. The van der Waals surface area contributed by atoms with Gasteiger partial charge in [0.15, 0.2) is 0 Å². The molecule has 2 amide bonds. The third kappa shape index (κ3) is 4.74. The van der Waals surface area contributed by atoms with E-state index in [2.05, 4.69) is 10.6 Å². The first-order valence-electron chi connectivity index (χ1n) is 7.51. The quantitative estimate of drug-likeness (QED) is 0.856. The maximum atomic E-state index is 11.9. The van der Waals surface area contributed by atoms with E-state index in [0.29, 0.717) is 5.69 Å². The van der Waals surface area contributed by atoms with Gasteiger partial charge in [0.2, 0.25) is 11.8 Å². The number of nitrogens with one attached hydrogen (secondary N) is 2. The largest absolute Gasteiger partial charge is 0.497 e. The van der Waals surface area contributed by atoms with E-state index in [0.717, 1.165) is 17.1 Å². The summed E-state index contributed by atoms with van der Waals surface area (Å²) in [5, 5.41) is 5.84. The average Bonchev–Trinajstić information content (AvgIpc) is 2.60. The van der Waals surface area contributed by atoms with Crippen LogP contribution in [0.15, 0.2) is 48.5 Å². The van der Waals surface area contributed by atoms with E-state index in [1.807, 2.05) is 24.3 Å². The summed E-state index contributed by atoms with van der Waals surface area (Å²) in [6.07, 6.45) is 0. The van der Waals surface area contributed by atoms with Gasteiger partial charge in [0.05, 0.1) is 13.7 Å². The Bertz CT molecular complexity index is 696. The molecule has 0 spiro atoms. The zero-order chi connectivity index (χ0) is 17.5. The molecule has 6 heteroatoms. The number of nitrogens with zero attached hydrogens (tertiary/aromatic N) is 1. The molecule has 126 valence electrons. The molecule has 0 aliphatic rings. The van der Waals surface area contributed by atoms with Crippen molar-refractivity contribution in [2.45, 2.75) is 6.92 Å². The second-order valence-corrected chi connectivity index (χ2v) is 5.26. The molecule has 0 aliphatic carbocycles. The van der Waals surface area contributed by atoms with Gasteiger partial charge in [-0.05, 0) is 48.5 Å². The van der Waals surface area contributed by atoms with Crippen LogP contribution >= 0.6 is 0 Å². The maximum Gasteiger partial charge on any atom is 0.243 e. The minimum absolute atomic E-state index is 0.0328. The summed E-state index contributed by atoms with van der Waals surface area (Å²) in [7, 11) is 3.31. The van der Waals surface area contributed by atoms with Gasteiger partial charge in [-0.2, -0.15) is 0 Å². The molecular formula is C18H21N3O3. The van der Waals surface area contributed by atoms with E-state index in [4.69, 9.17) is 4.74 Å². The summed E-state index contributed by atoms with van der Waals surface area (Å²) in [6.45, 7) is 1.66. The topological polar surface area (TPSA) is 70.7 Å². The van der Waals surface area contributed by atoms with Gasteiger partial charge < -0.3 is 20.3 Å². The van der Waals surface area contributed by atoms with Crippen molar-refractivity contribution >= 4 is 28.9 Å². The maximum absolute atomic E-state index is 11.9. The molecule has 2 aromatic carbocycles. The SMILES string of the molecule is COc1ccc(NC(=O)CNc2ccc(N(C)C(C)=O)cc2)cc1. The second kappa shape index (κ2) is 8.01. The van der Waals surface area contributed by atoms with Gasteiger partial charge in [-0.1, -0.05) is 0 Å². The molecule has 0 unspecified atom stereocenters. The molecule has 0 bridgehead atoms. The van der Waals surface area contributed by atoms with E-state index in [1.54, 1.807) is 43.3 Å². The molecule has 0 radical (unpaired) electrons. The lowest BCUT2D eigenvalue weighted by atomic mass is 10.2. The van der Waals surface area contributed by atoms with Crippen LogP contribution in [0, 0.1) is 0 Å². The molecule has 0 aromatic heterocycles. The van der Waals surface area contributed by atoms with Crippen molar-refractivity contribution in [2.24, 2.45) is 0 Å². The highest BCUT2D eigenvalue weighted by molar-refractivity contribution is 5.94. The van der Waals surface area contributed by atoms with Crippen LogP contribution in [0.4, 0.5) is 17.1 Å². The summed E-state index contributed by atoms with van der Waals surface area (Å²) in [4.78, 5) is 24.8. The Labute approximate surface area is 141 Å². The number of carbonyl (C=O) groups is 2. The van der Waals surface area contributed by atoms with Crippen molar-refractivity contribution in [1.29, 1.82) is 0 Å². The average molecular weight is 327 g/mol. The number of hydrogen-bond donors (Lipinski definition) is 2. The lowest BCUT2D eigenvalue weighted by molar-refractivity contribution is -0.116. The van der Waals surface area contributed by atoms with Gasteiger partial charge in [-0.3, -0.25) is 9.59 Å². The molecule has 24 heavy (non-hydrogen) atoms. The standard InChI is InChI=1S/C18H21N3O3/c1-13(22)21(2)16-8-4-14(5-9-16)19-12-18(23)20-15-6-10-17(24-3)11-7-15/h4-11,19H,12H2,1-3H3,(H,20,23).